The normalized spacial score (nSPS) is 16.6. The van der Waals surface area contributed by atoms with Crippen molar-refractivity contribution in [2.75, 3.05) is 0 Å². The smallest absolute Gasteiger partial charge is 0.352 e. The average molecular weight is 322 g/mol. The Hall–Kier alpha value is -2.00. The van der Waals surface area contributed by atoms with Crippen molar-refractivity contribution in [3.05, 3.63) is 35.4 Å². The van der Waals surface area contributed by atoms with Gasteiger partial charge in [-0.05, 0) is 50.8 Å². The van der Waals surface area contributed by atoms with Gasteiger partial charge in [0.25, 0.3) is 5.91 Å². The van der Waals surface area contributed by atoms with E-state index in [1.165, 1.54) is 0 Å². The van der Waals surface area contributed by atoms with Crippen LogP contribution in [-0.4, -0.2) is 33.5 Å². The van der Waals surface area contributed by atoms with Gasteiger partial charge in [-0.3, -0.25) is 4.79 Å². The molecule has 0 radical (unpaired) electrons. The number of aliphatic hydroxyl groups is 1. The Balaban J connectivity index is 2.20. The first kappa shape index (κ1) is 17.4. The minimum absolute atomic E-state index is 0.00782. The van der Waals surface area contributed by atoms with Crippen molar-refractivity contribution in [3.63, 3.8) is 0 Å². The lowest BCUT2D eigenvalue weighted by molar-refractivity contribution is -0.225. The third-order valence-corrected chi connectivity index (χ3v) is 4.35. The van der Waals surface area contributed by atoms with Crippen LogP contribution in [0.1, 0.15) is 44.2 Å². The average Bonchev–Trinajstić information content (AvgIpc) is 2.49. The van der Waals surface area contributed by atoms with Gasteiger partial charge in [0.2, 0.25) is 0 Å². The first-order valence-electron chi connectivity index (χ1n) is 7.61. The molecule has 124 valence electrons. The highest BCUT2D eigenvalue weighted by Gasteiger charge is 2.62. The number of hydrogen-bond donors (Lipinski definition) is 1. The highest BCUT2D eigenvalue weighted by molar-refractivity contribution is 5.85. The third kappa shape index (κ3) is 3.20. The maximum atomic E-state index is 14.4. The zero-order valence-electron chi connectivity index (χ0n) is 13.2. The van der Waals surface area contributed by atoms with E-state index in [0.717, 1.165) is 4.90 Å². The fourth-order valence-corrected chi connectivity index (χ4v) is 2.58. The molecule has 1 aliphatic carbocycles. The summed E-state index contributed by atoms with van der Waals surface area (Å²) in [7, 11) is 0. The number of hydrogen-bond acceptors (Lipinski definition) is 3. The molecule has 4 nitrogen and oxygen atoms in total. The van der Waals surface area contributed by atoms with E-state index in [4.69, 9.17) is 5.26 Å². The van der Waals surface area contributed by atoms with E-state index >= 15 is 0 Å². The van der Waals surface area contributed by atoms with Crippen LogP contribution in [0.25, 0.3) is 0 Å². The Morgan fingerprint density at radius 3 is 2.35 bits per heavy atom. The van der Waals surface area contributed by atoms with Crippen LogP contribution in [0, 0.1) is 11.3 Å². The zero-order valence-corrected chi connectivity index (χ0v) is 13.2. The van der Waals surface area contributed by atoms with E-state index < -0.39 is 23.5 Å². The lowest BCUT2D eigenvalue weighted by Gasteiger charge is -2.43. The summed E-state index contributed by atoms with van der Waals surface area (Å²) in [4.78, 5) is 13.4. The van der Waals surface area contributed by atoms with E-state index in [-0.39, 0.29) is 19.4 Å². The molecule has 1 aromatic rings. The summed E-state index contributed by atoms with van der Waals surface area (Å²) >= 11 is 0. The fraction of sp³-hybridized carbons (Fsp3) is 0.529. The van der Waals surface area contributed by atoms with Crippen LogP contribution in [0.3, 0.4) is 0 Å². The Morgan fingerprint density at radius 1 is 1.39 bits per heavy atom. The van der Waals surface area contributed by atoms with E-state index in [2.05, 4.69) is 0 Å². The quantitative estimate of drug-likeness (QED) is 0.906. The van der Waals surface area contributed by atoms with Gasteiger partial charge in [-0.15, -0.1) is 0 Å². The van der Waals surface area contributed by atoms with Crippen LogP contribution in [0.5, 0.6) is 0 Å². The molecular weight excluding hydrogens is 302 g/mol. The molecule has 1 amide bonds. The maximum absolute atomic E-state index is 14.4. The molecule has 0 spiro atoms. The first-order chi connectivity index (χ1) is 10.7. The SMILES string of the molecule is CC(C)N(Cc1ccc(C#N)cc1)C(=O)C(F)(F)C1(O)CCC1. The predicted octanol–water partition coefficient (Wildman–Crippen LogP) is 2.85. The fourth-order valence-electron chi connectivity index (χ4n) is 2.58. The number of nitriles is 1. The molecule has 6 heteroatoms. The topological polar surface area (TPSA) is 64.3 Å². The maximum Gasteiger partial charge on any atom is 0.352 e. The van der Waals surface area contributed by atoms with Crippen molar-refractivity contribution >= 4 is 5.91 Å². The summed E-state index contributed by atoms with van der Waals surface area (Å²) in [5, 5.41) is 18.7. The van der Waals surface area contributed by atoms with Crippen LogP contribution in [0.15, 0.2) is 24.3 Å². The summed E-state index contributed by atoms with van der Waals surface area (Å²) in [5.41, 5.74) is -1.10. The van der Waals surface area contributed by atoms with Gasteiger partial charge >= 0.3 is 5.92 Å². The van der Waals surface area contributed by atoms with Crippen molar-refractivity contribution in [2.45, 2.75) is 57.2 Å². The third-order valence-electron chi connectivity index (χ3n) is 4.35. The highest BCUT2D eigenvalue weighted by atomic mass is 19.3. The van der Waals surface area contributed by atoms with Crippen LogP contribution in [-0.2, 0) is 11.3 Å². The molecule has 2 rings (SSSR count). The van der Waals surface area contributed by atoms with Crippen LogP contribution >= 0.6 is 0 Å². The molecule has 0 bridgehead atoms. The van der Waals surface area contributed by atoms with Gasteiger partial charge in [0.15, 0.2) is 0 Å². The van der Waals surface area contributed by atoms with Gasteiger partial charge in [0.1, 0.15) is 5.60 Å². The Kier molecular flexibility index (Phi) is 4.71. The molecule has 0 heterocycles. The van der Waals surface area contributed by atoms with Crippen molar-refractivity contribution in [2.24, 2.45) is 0 Å². The molecular formula is C17H20F2N2O2. The van der Waals surface area contributed by atoms with Gasteiger partial charge in [-0.2, -0.15) is 14.0 Å². The molecule has 1 aliphatic rings. The number of carbonyl (C=O) groups is 1. The number of nitrogens with zero attached hydrogens (tertiary/aromatic N) is 2. The van der Waals surface area contributed by atoms with Crippen LogP contribution in [0.2, 0.25) is 0 Å². The predicted molar refractivity (Wildman–Crippen MR) is 80.6 cm³/mol. The van der Waals surface area contributed by atoms with Gasteiger partial charge in [0, 0.05) is 12.6 Å². The van der Waals surface area contributed by atoms with Crippen molar-refractivity contribution < 1.29 is 18.7 Å². The molecule has 0 aliphatic heterocycles. The zero-order chi connectivity index (χ0) is 17.3. The molecule has 0 aromatic heterocycles. The Morgan fingerprint density at radius 2 is 1.96 bits per heavy atom. The number of rotatable bonds is 5. The van der Waals surface area contributed by atoms with Crippen LogP contribution < -0.4 is 0 Å². The van der Waals surface area contributed by atoms with Crippen LogP contribution in [0.4, 0.5) is 8.78 Å². The molecule has 1 fully saturated rings. The van der Waals surface area contributed by atoms with Crippen molar-refractivity contribution in [3.8, 4) is 6.07 Å². The second-order valence-corrected chi connectivity index (χ2v) is 6.30. The van der Waals surface area contributed by atoms with Crippen molar-refractivity contribution in [1.29, 1.82) is 5.26 Å². The van der Waals surface area contributed by atoms with Gasteiger partial charge in [-0.1, -0.05) is 12.1 Å². The lowest BCUT2D eigenvalue weighted by atomic mass is 9.75. The summed E-state index contributed by atoms with van der Waals surface area (Å²) in [6.45, 7) is 3.32. The van der Waals surface area contributed by atoms with Gasteiger partial charge in [-0.25, -0.2) is 0 Å². The molecule has 0 unspecified atom stereocenters. The number of halogens is 2. The standard InChI is InChI=1S/C17H20F2N2O2/c1-12(2)21(11-14-6-4-13(10-20)5-7-14)15(22)17(18,19)16(23)8-3-9-16/h4-7,12,23H,3,8-9,11H2,1-2H3. The van der Waals surface area contributed by atoms with E-state index in [1.807, 2.05) is 6.07 Å². The summed E-state index contributed by atoms with van der Waals surface area (Å²) in [6.07, 6.45) is 0.375. The molecule has 1 aromatic carbocycles. The Bertz CT molecular complexity index is 616. The minimum Gasteiger partial charge on any atom is -0.383 e. The highest BCUT2D eigenvalue weighted by Crippen LogP contribution is 2.45. The second-order valence-electron chi connectivity index (χ2n) is 6.30. The molecule has 23 heavy (non-hydrogen) atoms. The monoisotopic (exact) mass is 322 g/mol. The van der Waals surface area contributed by atoms with Gasteiger partial charge in [0.05, 0.1) is 11.6 Å². The number of carbonyl (C=O) groups excluding carboxylic acids is 1. The van der Waals surface area contributed by atoms with Crippen molar-refractivity contribution in [1.82, 2.24) is 4.90 Å². The number of amides is 1. The van der Waals surface area contributed by atoms with E-state index in [0.29, 0.717) is 17.5 Å². The molecule has 0 saturated heterocycles. The largest absolute Gasteiger partial charge is 0.383 e. The Labute approximate surface area is 134 Å². The summed E-state index contributed by atoms with van der Waals surface area (Å²) in [5.74, 6) is -5.14. The van der Waals surface area contributed by atoms with E-state index in [1.54, 1.807) is 38.1 Å². The summed E-state index contributed by atoms with van der Waals surface area (Å²) in [6, 6.07) is 7.97. The first-order valence-corrected chi connectivity index (χ1v) is 7.61. The number of alkyl halides is 2. The molecule has 0 atom stereocenters. The molecule has 1 saturated carbocycles. The van der Waals surface area contributed by atoms with E-state index in [9.17, 15) is 18.7 Å². The van der Waals surface area contributed by atoms with Gasteiger partial charge < -0.3 is 10.0 Å². The minimum atomic E-state index is -3.79. The number of benzene rings is 1. The second kappa shape index (κ2) is 6.25. The lowest BCUT2D eigenvalue weighted by Crippen LogP contribution is -2.62. The molecule has 1 N–H and O–H groups in total. The summed E-state index contributed by atoms with van der Waals surface area (Å²) < 4.78 is 28.8.